The van der Waals surface area contributed by atoms with Crippen LogP contribution in [0.4, 0.5) is 0 Å². The number of hydrogen-bond acceptors (Lipinski definition) is 12. The SMILES string of the molecule is CCCC(=O)O[C@@H]1C=C[C@@]2(C)[C@H]([C@@]1(C)O)[C@]1(OC(C)=O)[C@@]2(OC(C)=O)C[C@@H](OC(C)=O)/C(C)=C\[C@@H]2OC(=O)[C@@]3(C)O[C@@]213. The van der Waals surface area contributed by atoms with Crippen LogP contribution in [0.2, 0.25) is 0 Å². The van der Waals surface area contributed by atoms with Crippen LogP contribution < -0.4 is 0 Å². The molecule has 12 heteroatoms. The van der Waals surface area contributed by atoms with Gasteiger partial charge in [0.25, 0.3) is 0 Å². The number of ether oxygens (including phenoxy) is 6. The van der Waals surface area contributed by atoms with Crippen LogP contribution >= 0.6 is 0 Å². The van der Waals surface area contributed by atoms with Gasteiger partial charge in [-0.2, -0.15) is 0 Å². The zero-order valence-electron chi connectivity index (χ0n) is 25.1. The van der Waals surface area contributed by atoms with Crippen molar-refractivity contribution in [1.82, 2.24) is 0 Å². The van der Waals surface area contributed by atoms with Crippen molar-refractivity contribution in [3.63, 3.8) is 0 Å². The van der Waals surface area contributed by atoms with Crippen molar-refractivity contribution in [3.8, 4) is 0 Å². The van der Waals surface area contributed by atoms with Gasteiger partial charge in [-0.05, 0) is 44.9 Å². The third-order valence-corrected chi connectivity index (χ3v) is 9.90. The fourth-order valence-electron chi connectivity index (χ4n) is 8.50. The molecule has 5 aliphatic rings. The lowest BCUT2D eigenvalue weighted by Gasteiger charge is -2.76. The molecule has 0 unspecified atom stereocenters. The number of carbonyl (C=O) groups is 5. The summed E-state index contributed by atoms with van der Waals surface area (Å²) in [7, 11) is 0. The van der Waals surface area contributed by atoms with Crippen LogP contribution in [0.25, 0.3) is 0 Å². The summed E-state index contributed by atoms with van der Waals surface area (Å²) in [4.78, 5) is 64.3. The fraction of sp³-hybridized carbons (Fsp3) is 0.700. The van der Waals surface area contributed by atoms with Crippen molar-refractivity contribution in [2.24, 2.45) is 11.3 Å². The largest absolute Gasteiger partial charge is 0.458 e. The number of rotatable bonds is 6. The first kappa shape index (κ1) is 30.2. The van der Waals surface area contributed by atoms with Gasteiger partial charge < -0.3 is 33.5 Å². The number of epoxide rings is 1. The summed E-state index contributed by atoms with van der Waals surface area (Å²) in [6.07, 6.45) is 1.80. The minimum absolute atomic E-state index is 0.110. The average Bonchev–Trinajstić information content (AvgIpc) is 3.44. The molecule has 3 aliphatic carbocycles. The highest BCUT2D eigenvalue weighted by molar-refractivity contribution is 5.90. The Morgan fingerprint density at radius 1 is 1.02 bits per heavy atom. The van der Waals surface area contributed by atoms with E-state index in [1.54, 1.807) is 26.0 Å². The van der Waals surface area contributed by atoms with Crippen LogP contribution in [0.3, 0.4) is 0 Å². The minimum Gasteiger partial charge on any atom is -0.458 e. The van der Waals surface area contributed by atoms with Crippen molar-refractivity contribution in [2.45, 2.75) is 121 Å². The summed E-state index contributed by atoms with van der Waals surface area (Å²) in [6, 6.07) is 0. The van der Waals surface area contributed by atoms with Crippen molar-refractivity contribution >= 4 is 29.8 Å². The molecule has 1 spiro atoms. The molecule has 0 bridgehead atoms. The van der Waals surface area contributed by atoms with E-state index in [0.29, 0.717) is 12.0 Å². The maximum atomic E-state index is 13.3. The lowest BCUT2D eigenvalue weighted by atomic mass is 9.31. The first-order valence-corrected chi connectivity index (χ1v) is 14.2. The van der Waals surface area contributed by atoms with Gasteiger partial charge in [0.05, 0.1) is 5.92 Å². The molecule has 0 aromatic carbocycles. The highest BCUT2D eigenvalue weighted by atomic mass is 16.7. The summed E-state index contributed by atoms with van der Waals surface area (Å²) in [5.41, 5.74) is -10.1. The smallest absolute Gasteiger partial charge is 0.342 e. The summed E-state index contributed by atoms with van der Waals surface area (Å²) < 4.78 is 36.0. The van der Waals surface area contributed by atoms with Gasteiger partial charge in [-0.25, -0.2) is 4.79 Å². The Balaban J connectivity index is 1.85. The standard InChI is InChI=1S/C30H38O12/c1-9-10-22(34)38-20-11-12-25(6)23(26(20,7)36)30(41-18(5)33)28(25,40-17(4)32)14-19(37-16(3)31)15(2)13-21-29(30)27(8,42-29)24(35)39-21/h11-13,19-21,23,36H,9-10,14H2,1-8H3/b15-13-/t19-,20-,21+,23-,25+,26+,27-,28-,29-,30+/m1/s1. The molecule has 2 heterocycles. The Hall–Kier alpha value is -3.25. The van der Waals surface area contributed by atoms with Gasteiger partial charge in [-0.3, -0.25) is 19.2 Å². The molecule has 0 radical (unpaired) electrons. The van der Waals surface area contributed by atoms with E-state index in [1.807, 2.05) is 6.92 Å². The Morgan fingerprint density at radius 2 is 1.67 bits per heavy atom. The van der Waals surface area contributed by atoms with Crippen LogP contribution in [-0.2, 0) is 52.4 Å². The molecule has 0 aromatic rings. The third kappa shape index (κ3) is 3.45. The van der Waals surface area contributed by atoms with E-state index in [2.05, 4.69) is 0 Å². The van der Waals surface area contributed by atoms with Crippen LogP contribution in [-0.4, -0.2) is 81.3 Å². The van der Waals surface area contributed by atoms with Crippen molar-refractivity contribution in [1.29, 1.82) is 0 Å². The fourth-order valence-corrected chi connectivity index (χ4v) is 8.50. The molecular weight excluding hydrogens is 552 g/mol. The quantitative estimate of drug-likeness (QED) is 0.207. The van der Waals surface area contributed by atoms with Crippen molar-refractivity contribution in [2.75, 3.05) is 0 Å². The molecule has 1 saturated carbocycles. The zero-order valence-corrected chi connectivity index (χ0v) is 25.1. The van der Waals surface area contributed by atoms with E-state index < -0.39 is 87.5 Å². The topological polar surface area (TPSA) is 164 Å². The molecular formula is C30H38O12. The van der Waals surface area contributed by atoms with Gasteiger partial charge in [0.1, 0.15) is 17.8 Å². The molecule has 42 heavy (non-hydrogen) atoms. The number of fused-ring (bicyclic) bond motifs is 4. The zero-order chi connectivity index (χ0) is 31.3. The molecule has 230 valence electrons. The predicted molar refractivity (Wildman–Crippen MR) is 141 cm³/mol. The van der Waals surface area contributed by atoms with Gasteiger partial charge in [0, 0.05) is 39.0 Å². The van der Waals surface area contributed by atoms with E-state index >= 15 is 0 Å². The van der Waals surface area contributed by atoms with E-state index in [-0.39, 0.29) is 12.8 Å². The molecule has 0 amide bonds. The van der Waals surface area contributed by atoms with Crippen molar-refractivity contribution < 1.29 is 57.5 Å². The number of esters is 5. The first-order chi connectivity index (χ1) is 19.4. The van der Waals surface area contributed by atoms with E-state index in [9.17, 15) is 29.1 Å². The number of aliphatic hydroxyl groups is 1. The third-order valence-electron chi connectivity index (χ3n) is 9.90. The van der Waals surface area contributed by atoms with Gasteiger partial charge in [0.2, 0.25) is 5.60 Å². The van der Waals surface area contributed by atoms with Gasteiger partial charge in [-0.15, -0.1) is 0 Å². The molecule has 1 N–H and O–H groups in total. The lowest BCUT2D eigenvalue weighted by molar-refractivity contribution is -0.401. The van der Waals surface area contributed by atoms with Crippen molar-refractivity contribution in [3.05, 3.63) is 23.8 Å². The van der Waals surface area contributed by atoms with Gasteiger partial charge in [-0.1, -0.05) is 19.9 Å². The monoisotopic (exact) mass is 590 g/mol. The summed E-state index contributed by atoms with van der Waals surface area (Å²) >= 11 is 0. The second-order valence-electron chi connectivity index (χ2n) is 12.6. The minimum atomic E-state index is -2.09. The molecule has 2 aliphatic heterocycles. The van der Waals surface area contributed by atoms with E-state index in [0.717, 1.165) is 6.92 Å². The Kier molecular flexibility index (Phi) is 6.56. The maximum absolute atomic E-state index is 13.3. The number of carbonyl (C=O) groups excluding carboxylic acids is 5. The molecule has 10 atom stereocenters. The first-order valence-electron chi connectivity index (χ1n) is 14.2. The Bertz CT molecular complexity index is 1330. The normalized spacial score (nSPS) is 47.3. The molecule has 12 nitrogen and oxygen atoms in total. The van der Waals surface area contributed by atoms with Gasteiger partial charge in [0.15, 0.2) is 22.9 Å². The van der Waals surface area contributed by atoms with Gasteiger partial charge >= 0.3 is 29.8 Å². The predicted octanol–water partition coefficient (Wildman–Crippen LogP) is 1.99. The maximum Gasteiger partial charge on any atom is 0.342 e. The van der Waals surface area contributed by atoms with Crippen LogP contribution in [0, 0.1) is 11.3 Å². The molecule has 5 rings (SSSR count). The van der Waals surface area contributed by atoms with E-state index in [1.165, 1.54) is 33.8 Å². The highest BCUT2D eigenvalue weighted by Gasteiger charge is 3.03. The summed E-state index contributed by atoms with van der Waals surface area (Å²) in [5.74, 6) is -4.64. The summed E-state index contributed by atoms with van der Waals surface area (Å²) in [6.45, 7) is 11.7. The lowest BCUT2D eigenvalue weighted by Crippen LogP contribution is -2.93. The average molecular weight is 591 g/mol. The molecule has 3 fully saturated rings. The van der Waals surface area contributed by atoms with Crippen LogP contribution in [0.15, 0.2) is 23.8 Å². The van der Waals surface area contributed by atoms with E-state index in [4.69, 9.17) is 28.4 Å². The van der Waals surface area contributed by atoms with Crippen LogP contribution in [0.1, 0.15) is 74.7 Å². The second kappa shape index (κ2) is 9.12. The Morgan fingerprint density at radius 3 is 2.21 bits per heavy atom. The van der Waals surface area contributed by atoms with Crippen LogP contribution in [0.5, 0.6) is 0 Å². The molecule has 2 saturated heterocycles. The number of hydrogen-bond donors (Lipinski definition) is 1. The molecule has 0 aromatic heterocycles. The Labute approximate surface area is 243 Å². The summed E-state index contributed by atoms with van der Waals surface area (Å²) in [5, 5.41) is 12.4. The highest BCUT2D eigenvalue weighted by Crippen LogP contribution is 2.82. The second-order valence-corrected chi connectivity index (χ2v) is 12.6.